The zero-order valence-corrected chi connectivity index (χ0v) is 11.8. The summed E-state index contributed by atoms with van der Waals surface area (Å²) in [4.78, 5) is 15.1. The van der Waals surface area contributed by atoms with Crippen LogP contribution in [0.5, 0.6) is 0 Å². The number of nitrogens with zero attached hydrogens (tertiary/aromatic N) is 2. The number of carbonyl (C=O) groups is 1. The predicted molar refractivity (Wildman–Crippen MR) is 79.3 cm³/mol. The monoisotopic (exact) mass is 274 g/mol. The second kappa shape index (κ2) is 5.73. The van der Waals surface area contributed by atoms with Crippen LogP contribution in [0.1, 0.15) is 31.2 Å². The van der Waals surface area contributed by atoms with Gasteiger partial charge in [0.2, 0.25) is 0 Å². The minimum absolute atomic E-state index is 0.491. The summed E-state index contributed by atoms with van der Waals surface area (Å²) in [5.41, 5.74) is 2.82. The number of hydrogen-bond donors (Lipinski definition) is 1. The fourth-order valence-corrected chi connectivity index (χ4v) is 3.47. The fourth-order valence-electron chi connectivity index (χ4n) is 3.47. The Balaban J connectivity index is 1.76. The van der Waals surface area contributed by atoms with Gasteiger partial charge in [-0.15, -0.1) is 0 Å². The molecule has 1 aromatic carbocycles. The van der Waals surface area contributed by atoms with E-state index in [1.807, 2.05) is 0 Å². The van der Waals surface area contributed by atoms with Crippen LogP contribution in [0.4, 0.5) is 10.5 Å². The van der Waals surface area contributed by atoms with Crippen molar-refractivity contribution in [1.29, 1.82) is 0 Å². The van der Waals surface area contributed by atoms with E-state index in [2.05, 4.69) is 29.2 Å². The summed E-state index contributed by atoms with van der Waals surface area (Å²) in [6.45, 7) is 2.44. The van der Waals surface area contributed by atoms with Gasteiger partial charge in [-0.3, -0.25) is 0 Å². The largest absolute Gasteiger partial charge is 0.465 e. The van der Waals surface area contributed by atoms with E-state index in [4.69, 9.17) is 5.11 Å². The van der Waals surface area contributed by atoms with Crippen molar-refractivity contribution >= 4 is 11.8 Å². The lowest BCUT2D eigenvalue weighted by Crippen LogP contribution is -2.46. The zero-order valence-electron chi connectivity index (χ0n) is 11.8. The van der Waals surface area contributed by atoms with Gasteiger partial charge in [0.25, 0.3) is 0 Å². The number of amides is 1. The molecule has 2 aliphatic heterocycles. The van der Waals surface area contributed by atoms with Crippen LogP contribution >= 0.6 is 0 Å². The van der Waals surface area contributed by atoms with Crippen molar-refractivity contribution in [3.05, 3.63) is 29.8 Å². The van der Waals surface area contributed by atoms with Gasteiger partial charge in [-0.05, 0) is 43.7 Å². The second-order valence-corrected chi connectivity index (χ2v) is 5.78. The molecule has 1 aromatic rings. The smallest absolute Gasteiger partial charge is 0.407 e. The van der Waals surface area contributed by atoms with E-state index in [9.17, 15) is 4.79 Å². The minimum atomic E-state index is -0.778. The minimum Gasteiger partial charge on any atom is -0.465 e. The van der Waals surface area contributed by atoms with E-state index >= 15 is 0 Å². The van der Waals surface area contributed by atoms with E-state index < -0.39 is 6.09 Å². The molecule has 1 fully saturated rings. The van der Waals surface area contributed by atoms with Crippen LogP contribution in [0.25, 0.3) is 0 Å². The van der Waals surface area contributed by atoms with Crippen LogP contribution in [0.3, 0.4) is 0 Å². The van der Waals surface area contributed by atoms with E-state index in [-0.39, 0.29) is 0 Å². The van der Waals surface area contributed by atoms with E-state index in [1.165, 1.54) is 30.5 Å². The standard InChI is InChI=1S/C16H22N2O2/c19-16(20)17-11-8-14(9-12-17)18-10-4-3-6-13-5-1-2-7-15(13)18/h1-2,5,7,14H,3-4,6,8-12H2,(H,19,20). The lowest BCUT2D eigenvalue weighted by molar-refractivity contribution is 0.131. The number of piperidine rings is 1. The third-order valence-electron chi connectivity index (χ3n) is 4.57. The Kier molecular flexibility index (Phi) is 3.81. The molecule has 2 heterocycles. The lowest BCUT2D eigenvalue weighted by atomic mass is 10.0. The van der Waals surface area contributed by atoms with E-state index in [0.29, 0.717) is 19.1 Å². The summed E-state index contributed by atoms with van der Waals surface area (Å²) in [6.07, 6.45) is 4.76. The van der Waals surface area contributed by atoms with Gasteiger partial charge < -0.3 is 14.9 Å². The lowest BCUT2D eigenvalue weighted by Gasteiger charge is -2.39. The molecule has 0 radical (unpaired) electrons. The zero-order chi connectivity index (χ0) is 13.9. The van der Waals surface area contributed by atoms with Crippen molar-refractivity contribution in [3.8, 4) is 0 Å². The molecule has 1 N–H and O–H groups in total. The van der Waals surface area contributed by atoms with Gasteiger partial charge in [0.05, 0.1) is 0 Å². The van der Waals surface area contributed by atoms with Gasteiger partial charge in [-0.25, -0.2) is 4.79 Å². The molecule has 2 aliphatic rings. The number of para-hydroxylation sites is 1. The normalized spacial score (nSPS) is 20.4. The van der Waals surface area contributed by atoms with Crippen LogP contribution < -0.4 is 4.90 Å². The summed E-state index contributed by atoms with van der Waals surface area (Å²) < 4.78 is 0. The summed E-state index contributed by atoms with van der Waals surface area (Å²) in [6, 6.07) is 9.19. The molecule has 0 unspecified atom stereocenters. The van der Waals surface area contributed by atoms with Gasteiger partial charge >= 0.3 is 6.09 Å². The molecule has 1 saturated heterocycles. The quantitative estimate of drug-likeness (QED) is 0.856. The maximum atomic E-state index is 11.0. The van der Waals surface area contributed by atoms with Gasteiger partial charge in [-0.1, -0.05) is 18.2 Å². The van der Waals surface area contributed by atoms with Crippen LogP contribution in [0, 0.1) is 0 Å². The highest BCUT2D eigenvalue weighted by atomic mass is 16.4. The first-order valence-electron chi connectivity index (χ1n) is 7.58. The maximum absolute atomic E-state index is 11.0. The first-order chi connectivity index (χ1) is 9.75. The molecule has 4 heteroatoms. The molecule has 3 rings (SSSR count). The number of likely N-dealkylation sites (tertiary alicyclic amines) is 1. The Morgan fingerprint density at radius 1 is 1.10 bits per heavy atom. The molecule has 0 spiro atoms. The van der Waals surface area contributed by atoms with Crippen molar-refractivity contribution < 1.29 is 9.90 Å². The molecule has 108 valence electrons. The van der Waals surface area contributed by atoms with Crippen LogP contribution in [0.2, 0.25) is 0 Å². The van der Waals surface area contributed by atoms with E-state index in [1.54, 1.807) is 4.90 Å². The number of rotatable bonds is 1. The average Bonchev–Trinajstić information content (AvgIpc) is 2.69. The highest BCUT2D eigenvalue weighted by molar-refractivity contribution is 5.65. The van der Waals surface area contributed by atoms with Crippen LogP contribution in [-0.4, -0.2) is 41.8 Å². The summed E-state index contributed by atoms with van der Waals surface area (Å²) in [7, 11) is 0. The molecule has 0 aromatic heterocycles. The molecule has 0 aliphatic carbocycles. The Hall–Kier alpha value is -1.71. The summed E-state index contributed by atoms with van der Waals surface area (Å²) in [5.74, 6) is 0. The first kappa shape index (κ1) is 13.3. The maximum Gasteiger partial charge on any atom is 0.407 e. The average molecular weight is 274 g/mol. The highest BCUT2D eigenvalue weighted by Gasteiger charge is 2.28. The third kappa shape index (κ3) is 2.60. The van der Waals surface area contributed by atoms with Crippen molar-refractivity contribution in [2.75, 3.05) is 24.5 Å². The Morgan fingerprint density at radius 3 is 2.60 bits per heavy atom. The Labute approximate surface area is 120 Å². The number of benzene rings is 1. The van der Waals surface area contributed by atoms with Gasteiger partial charge in [0, 0.05) is 31.4 Å². The summed E-state index contributed by atoms with van der Waals surface area (Å²) >= 11 is 0. The van der Waals surface area contributed by atoms with Crippen molar-refractivity contribution in [3.63, 3.8) is 0 Å². The van der Waals surface area contributed by atoms with Crippen molar-refractivity contribution in [2.24, 2.45) is 0 Å². The molecule has 20 heavy (non-hydrogen) atoms. The molecular formula is C16H22N2O2. The highest BCUT2D eigenvalue weighted by Crippen LogP contribution is 2.30. The predicted octanol–water partition coefficient (Wildman–Crippen LogP) is 2.97. The third-order valence-corrected chi connectivity index (χ3v) is 4.57. The Bertz CT molecular complexity index is 481. The van der Waals surface area contributed by atoms with Crippen LogP contribution in [0.15, 0.2) is 24.3 Å². The molecule has 0 bridgehead atoms. The van der Waals surface area contributed by atoms with Crippen molar-refractivity contribution in [1.82, 2.24) is 4.90 Å². The number of aryl methyl sites for hydroxylation is 1. The van der Waals surface area contributed by atoms with Gasteiger partial charge in [-0.2, -0.15) is 0 Å². The summed E-state index contributed by atoms with van der Waals surface area (Å²) in [5, 5.41) is 9.05. The SMILES string of the molecule is O=C(O)N1CCC(N2CCCCc3ccccc32)CC1. The number of fused-ring (bicyclic) bond motifs is 1. The fraction of sp³-hybridized carbons (Fsp3) is 0.562. The van der Waals surface area contributed by atoms with Crippen molar-refractivity contribution in [2.45, 2.75) is 38.1 Å². The van der Waals surface area contributed by atoms with Crippen LogP contribution in [-0.2, 0) is 6.42 Å². The van der Waals surface area contributed by atoms with Gasteiger partial charge in [0.1, 0.15) is 0 Å². The first-order valence-corrected chi connectivity index (χ1v) is 7.58. The Morgan fingerprint density at radius 2 is 1.85 bits per heavy atom. The van der Waals surface area contributed by atoms with E-state index in [0.717, 1.165) is 19.4 Å². The molecule has 4 nitrogen and oxygen atoms in total. The molecule has 1 amide bonds. The molecule has 0 atom stereocenters. The number of carboxylic acid groups (broad SMARTS) is 1. The second-order valence-electron chi connectivity index (χ2n) is 5.78. The molecule has 0 saturated carbocycles. The van der Waals surface area contributed by atoms with Gasteiger partial charge in [0.15, 0.2) is 0 Å². The topological polar surface area (TPSA) is 43.8 Å². The number of hydrogen-bond acceptors (Lipinski definition) is 2. The molecular weight excluding hydrogens is 252 g/mol. The number of anilines is 1.